The van der Waals surface area contributed by atoms with Crippen molar-refractivity contribution in [3.05, 3.63) is 57.6 Å². The summed E-state index contributed by atoms with van der Waals surface area (Å²) in [4.78, 5) is 0. The van der Waals surface area contributed by atoms with Crippen LogP contribution in [0.4, 0.5) is 0 Å². The lowest BCUT2D eigenvalue weighted by Crippen LogP contribution is -2.09. The molecule has 0 fully saturated rings. The first-order chi connectivity index (χ1) is 9.13. The van der Waals surface area contributed by atoms with E-state index in [1.54, 1.807) is 11.1 Å². The molecule has 0 aliphatic heterocycles. The van der Waals surface area contributed by atoms with Gasteiger partial charge < -0.3 is 0 Å². The number of rotatable bonds is 1. The Labute approximate surface area is 118 Å². The standard InChI is InChI=1S/C18H21P/c1-11-4-6-17-15(12(11)2)8-9-16-13(3)14(10-19)5-7-18(16)17/h4-7H,8-10,19H2,1-3H3. The molecule has 0 saturated heterocycles. The van der Waals surface area contributed by atoms with Crippen LogP contribution in [-0.2, 0) is 19.0 Å². The molecule has 0 spiro atoms. The zero-order valence-corrected chi connectivity index (χ0v) is 13.2. The van der Waals surface area contributed by atoms with E-state index in [4.69, 9.17) is 0 Å². The van der Waals surface area contributed by atoms with Gasteiger partial charge in [-0.2, -0.15) is 0 Å². The first-order valence-corrected chi connectivity index (χ1v) is 7.86. The molecule has 3 rings (SSSR count). The summed E-state index contributed by atoms with van der Waals surface area (Å²) in [5, 5.41) is 0. The van der Waals surface area contributed by atoms with Gasteiger partial charge in [0.25, 0.3) is 0 Å². The summed E-state index contributed by atoms with van der Waals surface area (Å²) in [5.74, 6) is 0. The summed E-state index contributed by atoms with van der Waals surface area (Å²) in [5.41, 5.74) is 11.9. The summed E-state index contributed by atoms with van der Waals surface area (Å²) in [6.45, 7) is 6.77. The Morgan fingerprint density at radius 2 is 1.42 bits per heavy atom. The Balaban J connectivity index is 2.26. The SMILES string of the molecule is Cc1ccc2c(c1C)CCc1c-2ccc(CP)c1C. The molecule has 0 saturated carbocycles. The minimum atomic E-state index is 1.05. The summed E-state index contributed by atoms with van der Waals surface area (Å²) >= 11 is 0. The fourth-order valence-electron chi connectivity index (χ4n) is 3.30. The van der Waals surface area contributed by atoms with Crippen LogP contribution in [0.15, 0.2) is 24.3 Å². The third kappa shape index (κ3) is 1.94. The monoisotopic (exact) mass is 268 g/mol. The lowest BCUT2D eigenvalue weighted by molar-refractivity contribution is 0.914. The van der Waals surface area contributed by atoms with Crippen molar-refractivity contribution in [2.45, 2.75) is 39.8 Å². The molecule has 0 aromatic heterocycles. The first kappa shape index (κ1) is 12.9. The number of hydrogen-bond donors (Lipinski definition) is 0. The van der Waals surface area contributed by atoms with Crippen molar-refractivity contribution in [1.29, 1.82) is 0 Å². The lowest BCUT2D eigenvalue weighted by Gasteiger charge is -2.25. The van der Waals surface area contributed by atoms with Crippen molar-refractivity contribution in [2.75, 3.05) is 0 Å². The van der Waals surface area contributed by atoms with Crippen molar-refractivity contribution < 1.29 is 0 Å². The molecule has 1 aliphatic carbocycles. The average Bonchev–Trinajstić information content (AvgIpc) is 2.43. The molecule has 1 unspecified atom stereocenters. The molecule has 19 heavy (non-hydrogen) atoms. The molecule has 98 valence electrons. The lowest BCUT2D eigenvalue weighted by atomic mass is 9.80. The van der Waals surface area contributed by atoms with E-state index < -0.39 is 0 Å². The number of fused-ring (bicyclic) bond motifs is 3. The second-order valence-electron chi connectivity index (χ2n) is 5.61. The zero-order valence-electron chi connectivity index (χ0n) is 12.0. The number of aryl methyl sites for hydroxylation is 1. The highest BCUT2D eigenvalue weighted by Gasteiger charge is 2.20. The van der Waals surface area contributed by atoms with Crippen LogP contribution in [0.2, 0.25) is 0 Å². The second-order valence-corrected chi connectivity index (χ2v) is 6.02. The Morgan fingerprint density at radius 3 is 2.05 bits per heavy atom. The molecule has 0 heterocycles. The third-order valence-corrected chi connectivity index (χ3v) is 5.15. The summed E-state index contributed by atoms with van der Waals surface area (Å²) < 4.78 is 0. The molecule has 0 amide bonds. The highest BCUT2D eigenvalue weighted by molar-refractivity contribution is 7.15. The normalized spacial score (nSPS) is 13.1. The number of benzene rings is 2. The van der Waals surface area contributed by atoms with Gasteiger partial charge in [0.2, 0.25) is 0 Å². The van der Waals surface area contributed by atoms with Crippen molar-refractivity contribution in [1.82, 2.24) is 0 Å². The molecule has 2 aromatic rings. The molecule has 0 radical (unpaired) electrons. The Bertz CT molecular complexity index is 653. The first-order valence-electron chi connectivity index (χ1n) is 7.04. The molecular formula is C18H21P. The molecule has 1 heteroatoms. The minimum Gasteiger partial charge on any atom is -0.133 e. The maximum absolute atomic E-state index is 2.84. The van der Waals surface area contributed by atoms with Crippen LogP contribution in [0.5, 0.6) is 0 Å². The van der Waals surface area contributed by atoms with Gasteiger partial charge in [-0.25, -0.2) is 0 Å². The van der Waals surface area contributed by atoms with Crippen LogP contribution in [0.25, 0.3) is 11.1 Å². The van der Waals surface area contributed by atoms with Crippen LogP contribution in [-0.4, -0.2) is 0 Å². The average molecular weight is 268 g/mol. The summed E-state index contributed by atoms with van der Waals surface area (Å²) in [7, 11) is 2.84. The smallest absolute Gasteiger partial charge is 0.0126 e. The van der Waals surface area contributed by atoms with Gasteiger partial charge in [-0.15, -0.1) is 9.24 Å². The van der Waals surface area contributed by atoms with Crippen molar-refractivity contribution in [2.24, 2.45) is 0 Å². The van der Waals surface area contributed by atoms with Gasteiger partial charge in [0.05, 0.1) is 0 Å². The number of hydrogen-bond acceptors (Lipinski definition) is 0. The Kier molecular flexibility index (Phi) is 3.23. The van der Waals surface area contributed by atoms with E-state index in [1.807, 2.05) is 0 Å². The third-order valence-electron chi connectivity index (χ3n) is 4.72. The highest BCUT2D eigenvalue weighted by Crippen LogP contribution is 2.38. The fraction of sp³-hybridized carbons (Fsp3) is 0.333. The van der Waals surface area contributed by atoms with Crippen LogP contribution >= 0.6 is 9.24 Å². The van der Waals surface area contributed by atoms with Gasteiger partial charge in [-0.3, -0.25) is 0 Å². The molecule has 0 bridgehead atoms. The van der Waals surface area contributed by atoms with Crippen LogP contribution < -0.4 is 0 Å². The van der Waals surface area contributed by atoms with Gasteiger partial charge >= 0.3 is 0 Å². The predicted molar refractivity (Wildman–Crippen MR) is 86.9 cm³/mol. The van der Waals surface area contributed by atoms with Crippen molar-refractivity contribution in [3.8, 4) is 11.1 Å². The van der Waals surface area contributed by atoms with Crippen LogP contribution in [0, 0.1) is 20.8 Å². The largest absolute Gasteiger partial charge is 0.133 e. The van der Waals surface area contributed by atoms with Crippen molar-refractivity contribution in [3.63, 3.8) is 0 Å². The van der Waals surface area contributed by atoms with E-state index in [9.17, 15) is 0 Å². The van der Waals surface area contributed by atoms with Gasteiger partial charge in [0.15, 0.2) is 0 Å². The predicted octanol–water partition coefficient (Wildman–Crippen LogP) is 4.75. The van der Waals surface area contributed by atoms with Gasteiger partial charge in [-0.05, 0) is 84.3 Å². The quantitative estimate of drug-likeness (QED) is 0.655. The van der Waals surface area contributed by atoms with E-state index in [0.29, 0.717) is 0 Å². The van der Waals surface area contributed by atoms with Crippen molar-refractivity contribution >= 4 is 9.24 Å². The minimum absolute atomic E-state index is 1.05. The zero-order chi connectivity index (χ0) is 13.6. The maximum atomic E-state index is 2.84. The van der Waals surface area contributed by atoms with E-state index in [0.717, 1.165) is 6.16 Å². The fourth-order valence-corrected chi connectivity index (χ4v) is 3.74. The molecule has 1 atom stereocenters. The maximum Gasteiger partial charge on any atom is -0.0126 e. The molecule has 0 nitrogen and oxygen atoms in total. The van der Waals surface area contributed by atoms with E-state index in [-0.39, 0.29) is 0 Å². The summed E-state index contributed by atoms with van der Waals surface area (Å²) in [6, 6.07) is 9.21. The summed E-state index contributed by atoms with van der Waals surface area (Å²) in [6.07, 6.45) is 3.44. The van der Waals surface area contributed by atoms with Gasteiger partial charge in [-0.1, -0.05) is 24.3 Å². The van der Waals surface area contributed by atoms with Gasteiger partial charge in [0, 0.05) is 0 Å². The highest BCUT2D eigenvalue weighted by atomic mass is 31.0. The second kappa shape index (κ2) is 4.76. The Hall–Kier alpha value is -1.13. The van der Waals surface area contributed by atoms with E-state index in [2.05, 4.69) is 54.3 Å². The van der Waals surface area contributed by atoms with Crippen LogP contribution in [0.1, 0.15) is 33.4 Å². The van der Waals surface area contributed by atoms with E-state index in [1.165, 1.54) is 46.2 Å². The Morgan fingerprint density at radius 1 is 0.842 bits per heavy atom. The van der Waals surface area contributed by atoms with E-state index >= 15 is 0 Å². The molecule has 1 aliphatic rings. The van der Waals surface area contributed by atoms with Gasteiger partial charge in [0.1, 0.15) is 0 Å². The topological polar surface area (TPSA) is 0 Å². The molecule has 0 N–H and O–H groups in total. The molecular weight excluding hydrogens is 247 g/mol. The molecule has 2 aromatic carbocycles. The van der Waals surface area contributed by atoms with Crippen LogP contribution in [0.3, 0.4) is 0 Å².